The van der Waals surface area contributed by atoms with E-state index in [-0.39, 0.29) is 18.6 Å². The van der Waals surface area contributed by atoms with Gasteiger partial charge in [-0.3, -0.25) is 9.59 Å². The molecular formula is C17H16O3. The molecular weight excluding hydrogens is 252 g/mol. The van der Waals surface area contributed by atoms with Gasteiger partial charge >= 0.3 is 5.97 Å². The van der Waals surface area contributed by atoms with E-state index >= 15 is 0 Å². The molecule has 3 heteroatoms. The Labute approximate surface area is 117 Å². The Hall–Kier alpha value is -2.42. The first-order valence-corrected chi connectivity index (χ1v) is 6.48. The van der Waals surface area contributed by atoms with Crippen LogP contribution in [0.5, 0.6) is 0 Å². The molecule has 2 aromatic carbocycles. The summed E-state index contributed by atoms with van der Waals surface area (Å²) in [6, 6.07) is 15.4. The highest BCUT2D eigenvalue weighted by atomic mass is 16.4. The van der Waals surface area contributed by atoms with E-state index in [1.807, 2.05) is 43.3 Å². The fraction of sp³-hybridized carbons (Fsp3) is 0.176. The van der Waals surface area contributed by atoms with Crippen LogP contribution in [0, 0.1) is 6.92 Å². The number of hydrogen-bond donors (Lipinski definition) is 1. The molecule has 102 valence electrons. The molecule has 1 N–H and O–H groups in total. The van der Waals surface area contributed by atoms with Gasteiger partial charge in [0.2, 0.25) is 0 Å². The summed E-state index contributed by atoms with van der Waals surface area (Å²) in [5.74, 6) is -1.09. The van der Waals surface area contributed by atoms with Gasteiger partial charge in [0.25, 0.3) is 0 Å². The van der Waals surface area contributed by atoms with Gasteiger partial charge in [0.1, 0.15) is 0 Å². The molecule has 0 heterocycles. The monoisotopic (exact) mass is 268 g/mol. The molecule has 0 unspecified atom stereocenters. The Kier molecular flexibility index (Phi) is 4.31. The summed E-state index contributed by atoms with van der Waals surface area (Å²) in [5.41, 5.74) is 3.74. The first-order valence-electron chi connectivity index (χ1n) is 6.48. The predicted octanol–water partition coefficient (Wildman–Crippen LogP) is 3.71. The summed E-state index contributed by atoms with van der Waals surface area (Å²) in [6.07, 6.45) is -0.0971. The van der Waals surface area contributed by atoms with Crippen LogP contribution in [0.1, 0.15) is 28.8 Å². The number of aryl methyl sites for hydroxylation is 1. The van der Waals surface area contributed by atoms with E-state index in [4.69, 9.17) is 5.11 Å². The van der Waals surface area contributed by atoms with Crippen LogP contribution < -0.4 is 0 Å². The number of ketones is 1. The molecule has 2 aromatic rings. The van der Waals surface area contributed by atoms with Crippen molar-refractivity contribution in [2.75, 3.05) is 0 Å². The van der Waals surface area contributed by atoms with Gasteiger partial charge in [-0.25, -0.2) is 0 Å². The van der Waals surface area contributed by atoms with Gasteiger partial charge in [-0.05, 0) is 24.1 Å². The number of benzene rings is 2. The number of Topliss-reactive ketones (excluding diaryl/α,β-unsaturated/α-hetero) is 1. The molecule has 0 aliphatic heterocycles. The van der Waals surface area contributed by atoms with Crippen molar-refractivity contribution in [2.24, 2.45) is 0 Å². The van der Waals surface area contributed by atoms with Gasteiger partial charge < -0.3 is 5.11 Å². The summed E-state index contributed by atoms with van der Waals surface area (Å²) >= 11 is 0. The SMILES string of the molecule is Cc1cccc(-c2cccc(C(=O)CCC(=O)O)c2)c1. The molecule has 0 aliphatic carbocycles. The molecule has 0 aliphatic rings. The van der Waals surface area contributed by atoms with Crippen molar-refractivity contribution in [3.05, 3.63) is 59.7 Å². The second kappa shape index (κ2) is 6.15. The van der Waals surface area contributed by atoms with Gasteiger partial charge in [-0.1, -0.05) is 48.0 Å². The average molecular weight is 268 g/mol. The molecule has 2 rings (SSSR count). The van der Waals surface area contributed by atoms with Crippen LogP contribution in [0.2, 0.25) is 0 Å². The lowest BCUT2D eigenvalue weighted by atomic mass is 9.99. The van der Waals surface area contributed by atoms with Crippen LogP contribution in [0.4, 0.5) is 0 Å². The van der Waals surface area contributed by atoms with Crippen molar-refractivity contribution in [1.82, 2.24) is 0 Å². The van der Waals surface area contributed by atoms with E-state index in [9.17, 15) is 9.59 Å². The number of carbonyl (C=O) groups excluding carboxylic acids is 1. The number of carboxylic acid groups (broad SMARTS) is 1. The highest BCUT2D eigenvalue weighted by Gasteiger charge is 2.09. The van der Waals surface area contributed by atoms with E-state index in [0.717, 1.165) is 16.7 Å². The Morgan fingerprint density at radius 1 is 0.950 bits per heavy atom. The van der Waals surface area contributed by atoms with E-state index in [1.54, 1.807) is 6.07 Å². The van der Waals surface area contributed by atoms with E-state index in [2.05, 4.69) is 6.07 Å². The Morgan fingerprint density at radius 2 is 1.60 bits per heavy atom. The van der Waals surface area contributed by atoms with Gasteiger partial charge in [-0.2, -0.15) is 0 Å². The zero-order valence-electron chi connectivity index (χ0n) is 11.3. The van der Waals surface area contributed by atoms with Crippen molar-refractivity contribution < 1.29 is 14.7 Å². The minimum atomic E-state index is -0.951. The molecule has 0 spiro atoms. The molecule has 3 nitrogen and oxygen atoms in total. The van der Waals surface area contributed by atoms with Crippen LogP contribution in [0.3, 0.4) is 0 Å². The summed E-state index contributed by atoms with van der Waals surface area (Å²) in [5, 5.41) is 8.62. The van der Waals surface area contributed by atoms with Crippen LogP contribution in [-0.4, -0.2) is 16.9 Å². The standard InChI is InChI=1S/C17H16O3/c1-12-4-2-5-13(10-12)14-6-3-7-15(11-14)16(18)8-9-17(19)20/h2-7,10-11H,8-9H2,1H3,(H,19,20). The Bertz CT molecular complexity index is 644. The van der Waals surface area contributed by atoms with E-state index in [0.29, 0.717) is 5.56 Å². The predicted molar refractivity (Wildman–Crippen MR) is 77.8 cm³/mol. The smallest absolute Gasteiger partial charge is 0.303 e. The third kappa shape index (κ3) is 3.54. The average Bonchev–Trinajstić information content (AvgIpc) is 2.45. The van der Waals surface area contributed by atoms with Crippen molar-refractivity contribution in [3.63, 3.8) is 0 Å². The maximum Gasteiger partial charge on any atom is 0.303 e. The van der Waals surface area contributed by atoms with Crippen LogP contribution in [0.25, 0.3) is 11.1 Å². The minimum absolute atomic E-state index is 0.0343. The molecule has 0 bridgehead atoms. The summed E-state index contributed by atoms with van der Waals surface area (Å²) in [4.78, 5) is 22.4. The normalized spacial score (nSPS) is 10.2. The fourth-order valence-corrected chi connectivity index (χ4v) is 2.06. The van der Waals surface area contributed by atoms with E-state index in [1.165, 1.54) is 0 Å². The molecule has 0 aromatic heterocycles. The van der Waals surface area contributed by atoms with Crippen molar-refractivity contribution in [2.45, 2.75) is 19.8 Å². The molecule has 20 heavy (non-hydrogen) atoms. The van der Waals surface area contributed by atoms with Crippen LogP contribution in [0.15, 0.2) is 48.5 Å². The lowest BCUT2D eigenvalue weighted by molar-refractivity contribution is -0.136. The van der Waals surface area contributed by atoms with Crippen LogP contribution >= 0.6 is 0 Å². The van der Waals surface area contributed by atoms with Crippen molar-refractivity contribution >= 4 is 11.8 Å². The number of carboxylic acids is 1. The first kappa shape index (κ1) is 14.0. The third-order valence-corrected chi connectivity index (χ3v) is 3.10. The highest BCUT2D eigenvalue weighted by Crippen LogP contribution is 2.22. The summed E-state index contributed by atoms with van der Waals surface area (Å²) < 4.78 is 0. The first-order chi connectivity index (χ1) is 9.56. The number of aliphatic carboxylic acids is 1. The number of carbonyl (C=O) groups is 2. The third-order valence-electron chi connectivity index (χ3n) is 3.10. The van der Waals surface area contributed by atoms with Gasteiger partial charge in [0.05, 0.1) is 6.42 Å². The zero-order valence-corrected chi connectivity index (χ0v) is 11.3. The zero-order chi connectivity index (χ0) is 14.5. The number of hydrogen-bond acceptors (Lipinski definition) is 2. The van der Waals surface area contributed by atoms with Gasteiger partial charge in [0, 0.05) is 12.0 Å². The second-order valence-corrected chi connectivity index (χ2v) is 4.77. The van der Waals surface area contributed by atoms with Gasteiger partial charge in [-0.15, -0.1) is 0 Å². The number of rotatable bonds is 5. The van der Waals surface area contributed by atoms with Crippen molar-refractivity contribution in [3.8, 4) is 11.1 Å². The second-order valence-electron chi connectivity index (χ2n) is 4.77. The molecule has 0 saturated carbocycles. The van der Waals surface area contributed by atoms with Crippen LogP contribution in [-0.2, 0) is 4.79 Å². The maximum absolute atomic E-state index is 11.9. The van der Waals surface area contributed by atoms with E-state index < -0.39 is 5.97 Å². The quantitative estimate of drug-likeness (QED) is 0.841. The molecule has 0 radical (unpaired) electrons. The topological polar surface area (TPSA) is 54.4 Å². The fourth-order valence-electron chi connectivity index (χ4n) is 2.06. The molecule has 0 saturated heterocycles. The summed E-state index contributed by atoms with van der Waals surface area (Å²) in [6.45, 7) is 2.02. The maximum atomic E-state index is 11.9. The lowest BCUT2D eigenvalue weighted by Crippen LogP contribution is -2.03. The Balaban J connectivity index is 2.24. The Morgan fingerprint density at radius 3 is 2.25 bits per heavy atom. The molecule has 0 fully saturated rings. The van der Waals surface area contributed by atoms with Gasteiger partial charge in [0.15, 0.2) is 5.78 Å². The minimum Gasteiger partial charge on any atom is -0.481 e. The largest absolute Gasteiger partial charge is 0.481 e. The highest BCUT2D eigenvalue weighted by molar-refractivity contribution is 5.98. The molecule has 0 amide bonds. The molecule has 0 atom stereocenters. The lowest BCUT2D eigenvalue weighted by Gasteiger charge is -2.05. The van der Waals surface area contributed by atoms with Crippen molar-refractivity contribution in [1.29, 1.82) is 0 Å². The summed E-state index contributed by atoms with van der Waals surface area (Å²) in [7, 11) is 0.